The first kappa shape index (κ1) is 116. The minimum atomic E-state index is -10.3. The number of halogens is 63. The molecule has 3 rings (SSSR count). The van der Waals surface area contributed by atoms with Gasteiger partial charge in [0.15, 0.2) is 0 Å². The van der Waals surface area contributed by atoms with E-state index in [9.17, 15) is 181 Å². The molecule has 1 fully saturated rings. The summed E-state index contributed by atoms with van der Waals surface area (Å²) < 4.78 is 918. The topological polar surface area (TPSA) is 49.4 Å². The van der Waals surface area contributed by atoms with E-state index in [1.54, 1.807) is 0 Å². The van der Waals surface area contributed by atoms with Crippen molar-refractivity contribution in [1.82, 2.24) is 10.2 Å². The molecule has 129 heavy (non-hydrogen) atoms. The molecule has 1 unspecified atom stereocenters. The number of hydrogen-bond acceptors (Lipinski definition) is 2. The molecule has 0 spiro atoms. The maximum absolute atomic E-state index is 16.2. The third-order valence-corrected chi connectivity index (χ3v) is 25.0. The molecule has 1 saturated carbocycles. The summed E-state index contributed by atoms with van der Waals surface area (Å²) in [5.74, 6) is -270. The van der Waals surface area contributed by atoms with Crippen molar-refractivity contribution in [3.63, 3.8) is 0 Å². The van der Waals surface area contributed by atoms with Crippen LogP contribution in [0.5, 0.6) is 0 Å². The molecule has 1 aliphatic rings. The Morgan fingerprint density at radius 2 is 0.504 bits per heavy atom. The molecular formula is C61H43F63N2O2Si. The quantitative estimate of drug-likeness (QED) is 0.0533. The number of alkyl halides is 63. The van der Waals surface area contributed by atoms with Gasteiger partial charge in [-0.15, -0.1) is 0 Å². The fraction of sp³-hybridized carbons (Fsp3) is 0.770. The van der Waals surface area contributed by atoms with Crippen molar-refractivity contribution < 1.29 is 286 Å². The molecular weight excluding hydrogens is 2020 g/mol. The number of nitrogens with one attached hydrogen (secondary N) is 1. The van der Waals surface area contributed by atoms with Gasteiger partial charge in [0.2, 0.25) is 5.91 Å². The van der Waals surface area contributed by atoms with Crippen LogP contribution >= 0.6 is 0 Å². The first-order valence-electron chi connectivity index (χ1n) is 33.2. The Morgan fingerprint density at radius 3 is 0.713 bits per heavy atom. The zero-order valence-corrected chi connectivity index (χ0v) is 62.0. The molecule has 68 heteroatoms. The van der Waals surface area contributed by atoms with E-state index < -0.39 is 295 Å². The Morgan fingerprint density at radius 1 is 0.295 bits per heavy atom. The minimum Gasteiger partial charge on any atom is -0.352 e. The largest absolute Gasteiger partial charge is 0.460 e. The third-order valence-electron chi connectivity index (χ3n) is 19.9. The number of amides is 2. The zero-order chi connectivity index (χ0) is 103. The third kappa shape index (κ3) is 17.1. The number of benzene rings is 2. The first-order valence-corrected chi connectivity index (χ1v) is 35.8. The standard InChI is InChI=1S/C61H43F63N2O2Si/c1-24(2)29(30(127)125-27-11-7-4-8-12-27)126(23-25-9-5-3-6-10-25)31(128)26-13-15-28(16-14-26)129(20-17-32(62,63)35(68,69)38(74,75)41(80,81)44(86,87)47(92,93)50(98,99)53(104,105)56(110,111)59(116,117)118,21-18-33(64,65)36(70,71)39(76,77)42(82,83)45(88,89)48(94,95)51(100,101)54(106,107)57(112,113)60(119,120)121)22-19-34(66,67)37(72,73)40(78,79)43(84,85)46(90,91)49(96,97)52(102,103)55(108,109)58(114,115)61(122,123)124/h3,5-6,9-10,13-16,24,27,29H,4,7-8,11-12,17-23H2,1-2H3,(H,125,127). The normalized spacial score (nSPS) is 17.2. The minimum absolute atomic E-state index is 0.0418. The summed E-state index contributed by atoms with van der Waals surface area (Å²) in [7, 11) is -8.49. The summed E-state index contributed by atoms with van der Waals surface area (Å²) >= 11 is 0. The summed E-state index contributed by atoms with van der Waals surface area (Å²) in [4.78, 5) is 29.0. The summed E-state index contributed by atoms with van der Waals surface area (Å²) in [5, 5.41) is -0.442. The Kier molecular flexibility index (Phi) is 30.3. The summed E-state index contributed by atoms with van der Waals surface area (Å²) in [6.45, 7) is 0.781. The van der Waals surface area contributed by atoms with E-state index in [1.165, 1.54) is 0 Å². The lowest BCUT2D eigenvalue weighted by Gasteiger charge is -2.45. The number of carbonyl (C=O) groups is 2. The van der Waals surface area contributed by atoms with Crippen molar-refractivity contribution in [2.45, 2.75) is 280 Å². The van der Waals surface area contributed by atoms with Crippen LogP contribution in [-0.2, 0) is 11.3 Å². The molecule has 1 atom stereocenters. The molecule has 0 bridgehead atoms. The van der Waals surface area contributed by atoms with E-state index in [0.29, 0.717) is 6.42 Å². The van der Waals surface area contributed by atoms with Gasteiger partial charge in [-0.05, 0) is 54.6 Å². The van der Waals surface area contributed by atoms with Gasteiger partial charge in [0.25, 0.3) is 5.91 Å². The van der Waals surface area contributed by atoms with Crippen LogP contribution < -0.4 is 10.5 Å². The lowest BCUT2D eigenvalue weighted by molar-refractivity contribution is -0.474. The molecule has 0 radical (unpaired) electrons. The summed E-state index contributed by atoms with van der Waals surface area (Å²) in [6, 6.07) is -13.9. The smallest absolute Gasteiger partial charge is 0.352 e. The molecule has 754 valence electrons. The van der Waals surface area contributed by atoms with Crippen LogP contribution in [0.25, 0.3) is 0 Å². The van der Waals surface area contributed by atoms with Crippen molar-refractivity contribution in [3.8, 4) is 0 Å². The highest BCUT2D eigenvalue weighted by atomic mass is 28.3. The van der Waals surface area contributed by atoms with Gasteiger partial charge in [-0.25, -0.2) is 0 Å². The second-order valence-electron chi connectivity index (χ2n) is 28.7. The number of hydrogen-bond donors (Lipinski definition) is 1. The first-order chi connectivity index (χ1) is 56.0. The van der Waals surface area contributed by atoms with Gasteiger partial charge >= 0.3 is 178 Å². The van der Waals surface area contributed by atoms with E-state index >= 15 is 105 Å². The van der Waals surface area contributed by atoms with Gasteiger partial charge in [0, 0.05) is 37.4 Å². The number of carbonyl (C=O) groups excluding carboxylic acids is 2. The Labute approximate surface area is 673 Å². The molecule has 0 saturated heterocycles. The van der Waals surface area contributed by atoms with E-state index in [4.69, 9.17) is 0 Å². The van der Waals surface area contributed by atoms with Crippen molar-refractivity contribution in [1.29, 1.82) is 0 Å². The van der Waals surface area contributed by atoms with Gasteiger partial charge in [-0.2, -0.15) is 277 Å². The number of nitrogens with zero attached hydrogens (tertiary/aromatic N) is 1. The lowest BCUT2D eigenvalue weighted by atomic mass is 9.86. The highest BCUT2D eigenvalue weighted by molar-refractivity contribution is 6.92. The second-order valence-corrected chi connectivity index (χ2v) is 33.3. The van der Waals surface area contributed by atoms with Crippen LogP contribution in [0.15, 0.2) is 54.6 Å². The van der Waals surface area contributed by atoms with Gasteiger partial charge in [-0.1, -0.05) is 80.8 Å². The Balaban J connectivity index is 2.84. The van der Waals surface area contributed by atoms with E-state index in [2.05, 4.69) is 5.32 Å². The van der Waals surface area contributed by atoms with E-state index in [0.717, 1.165) is 44.2 Å². The Hall–Kier alpha value is -6.81. The fourth-order valence-electron chi connectivity index (χ4n) is 11.8. The second kappa shape index (κ2) is 33.6. The van der Waals surface area contributed by atoms with Gasteiger partial charge < -0.3 is 10.2 Å². The van der Waals surface area contributed by atoms with Crippen molar-refractivity contribution in [2.75, 3.05) is 0 Å². The predicted molar refractivity (Wildman–Crippen MR) is 302 cm³/mol. The monoisotopic (exact) mass is 2060 g/mol. The van der Waals surface area contributed by atoms with Gasteiger partial charge in [-0.3, -0.25) is 9.59 Å². The molecule has 1 N–H and O–H groups in total. The molecule has 2 aromatic rings. The lowest BCUT2D eigenvalue weighted by Crippen LogP contribution is -2.77. The highest BCUT2D eigenvalue weighted by Crippen LogP contribution is 2.72. The van der Waals surface area contributed by atoms with E-state index in [1.807, 2.05) is 0 Å². The van der Waals surface area contributed by atoms with Gasteiger partial charge in [0.1, 0.15) is 6.04 Å². The van der Waals surface area contributed by atoms with Crippen molar-refractivity contribution in [3.05, 3.63) is 65.7 Å². The van der Waals surface area contributed by atoms with Crippen molar-refractivity contribution in [2.24, 2.45) is 5.92 Å². The fourth-order valence-corrected chi connectivity index (χ4v) is 16.7. The molecule has 1 aliphatic carbocycles. The van der Waals surface area contributed by atoms with Crippen LogP contribution in [0, 0.1) is 5.92 Å². The van der Waals surface area contributed by atoms with Crippen LogP contribution in [-0.4, -0.2) is 215 Å². The van der Waals surface area contributed by atoms with Crippen LogP contribution in [0.2, 0.25) is 18.1 Å². The Bertz CT molecular complexity index is 3880. The van der Waals surface area contributed by atoms with Crippen LogP contribution in [0.3, 0.4) is 0 Å². The van der Waals surface area contributed by atoms with Crippen molar-refractivity contribution >= 4 is 25.1 Å². The zero-order valence-electron chi connectivity index (χ0n) is 61.0. The molecule has 0 aliphatic heterocycles. The van der Waals surface area contributed by atoms with Gasteiger partial charge in [0.05, 0.1) is 8.07 Å². The summed E-state index contributed by atoms with van der Waals surface area (Å²) in [5.41, 5.74) is -1.97. The van der Waals surface area contributed by atoms with Crippen LogP contribution in [0.1, 0.15) is 81.1 Å². The highest BCUT2D eigenvalue weighted by Gasteiger charge is 3.02. The average Bonchev–Trinajstić information content (AvgIpc) is 0.691. The average molecular weight is 2060 g/mol. The molecule has 2 aromatic carbocycles. The summed E-state index contributed by atoms with van der Waals surface area (Å²) in [6.07, 6.45) is -40.1. The molecule has 2 amide bonds. The molecule has 4 nitrogen and oxygen atoms in total. The SMILES string of the molecule is CC(C)C(C(=O)NC1CCCCC1)N(Cc1ccccc1)C(=O)c1ccc([Si](CCC(F)(F)C(F)(F)C(F)(F)C(F)(F)C(F)(F)C(F)(F)C(F)(F)C(F)(F)C(F)(F)C(F)(F)F)(CCC(F)(F)C(F)(F)C(F)(F)C(F)(F)C(F)(F)C(F)(F)C(F)(F)C(F)(F)C(F)(F)C(F)(F)F)CCC(F)(F)C(F)(F)C(F)(F)C(F)(F)C(F)(F)C(F)(F)C(F)(F)C(F)(F)C(F)(F)C(F)(F)F)cc1. The maximum atomic E-state index is 16.2. The van der Waals surface area contributed by atoms with Crippen LogP contribution in [0.4, 0.5) is 277 Å². The predicted octanol–water partition coefficient (Wildman–Crippen LogP) is 26.5. The number of rotatable bonds is 41. The molecule has 0 aromatic heterocycles. The van der Waals surface area contributed by atoms with E-state index in [-0.39, 0.29) is 36.1 Å². The maximum Gasteiger partial charge on any atom is 0.460 e. The molecule has 0 heterocycles.